The summed E-state index contributed by atoms with van der Waals surface area (Å²) in [4.78, 5) is 2.28. The van der Waals surface area contributed by atoms with E-state index >= 15 is 0 Å². The largest absolute Gasteiger partial charge is 0.508 e. The van der Waals surface area contributed by atoms with Gasteiger partial charge in [0.25, 0.3) is 0 Å². The number of allylic oxidation sites excluding steroid dienone is 6. The molecular weight excluding hydrogens is 320 g/mol. The van der Waals surface area contributed by atoms with Crippen LogP contribution in [-0.4, -0.2) is 25.2 Å². The molecule has 0 saturated heterocycles. The quantitative estimate of drug-likeness (QED) is 0.605. The van der Waals surface area contributed by atoms with Crippen molar-refractivity contribution >= 4 is 5.69 Å². The molecule has 1 aliphatic rings. The second-order valence-corrected chi connectivity index (χ2v) is 5.21. The normalized spacial score (nSPS) is 12.3. The molecule has 0 radical (unpaired) electrons. The summed E-state index contributed by atoms with van der Waals surface area (Å²) in [6.45, 7) is 13.8. The maximum absolute atomic E-state index is 9.52. The van der Waals surface area contributed by atoms with Crippen molar-refractivity contribution < 1.29 is 5.11 Å². The summed E-state index contributed by atoms with van der Waals surface area (Å²) < 4.78 is 0. The van der Waals surface area contributed by atoms with Crippen LogP contribution >= 0.6 is 0 Å². The molecule has 0 atom stereocenters. The van der Waals surface area contributed by atoms with Gasteiger partial charge in [-0.1, -0.05) is 58.6 Å². The van der Waals surface area contributed by atoms with E-state index in [4.69, 9.17) is 0 Å². The van der Waals surface area contributed by atoms with Gasteiger partial charge in [-0.3, -0.25) is 0 Å². The SMILES string of the molecule is C=CC1=C(N(CCCNC)c2ccc(O)cc2)C=CCC=C1.CC.CC. The van der Waals surface area contributed by atoms with Crippen LogP contribution < -0.4 is 10.2 Å². The number of rotatable bonds is 7. The molecule has 26 heavy (non-hydrogen) atoms. The number of nitrogens with one attached hydrogen (secondary N) is 1. The van der Waals surface area contributed by atoms with Crippen LogP contribution in [0.4, 0.5) is 5.69 Å². The third kappa shape index (κ3) is 7.75. The van der Waals surface area contributed by atoms with Gasteiger partial charge in [-0.05, 0) is 62.3 Å². The molecule has 0 heterocycles. The predicted molar refractivity (Wildman–Crippen MR) is 117 cm³/mol. The number of nitrogens with zero attached hydrogens (tertiary/aromatic N) is 1. The molecule has 2 rings (SSSR count). The van der Waals surface area contributed by atoms with Crippen LogP contribution in [0.1, 0.15) is 40.5 Å². The summed E-state index contributed by atoms with van der Waals surface area (Å²) in [6, 6.07) is 7.35. The van der Waals surface area contributed by atoms with Gasteiger partial charge in [-0.2, -0.15) is 0 Å². The lowest BCUT2D eigenvalue weighted by Gasteiger charge is -2.27. The summed E-state index contributed by atoms with van der Waals surface area (Å²) in [5, 5.41) is 12.7. The van der Waals surface area contributed by atoms with E-state index in [1.807, 2.05) is 53.0 Å². The van der Waals surface area contributed by atoms with Gasteiger partial charge in [0.15, 0.2) is 0 Å². The molecule has 0 unspecified atom stereocenters. The zero-order chi connectivity index (χ0) is 19.8. The number of phenolic OH excluding ortho intramolecular Hbond substituents is 1. The van der Waals surface area contributed by atoms with Crippen LogP contribution in [0.3, 0.4) is 0 Å². The lowest BCUT2D eigenvalue weighted by Crippen LogP contribution is -2.26. The first-order valence-electron chi connectivity index (χ1n) is 9.67. The smallest absolute Gasteiger partial charge is 0.115 e. The number of anilines is 1. The summed E-state index contributed by atoms with van der Waals surface area (Å²) in [6.07, 6.45) is 12.4. The van der Waals surface area contributed by atoms with Crippen LogP contribution in [0.5, 0.6) is 5.75 Å². The van der Waals surface area contributed by atoms with Gasteiger partial charge in [0.1, 0.15) is 5.75 Å². The molecule has 0 amide bonds. The molecule has 0 bridgehead atoms. The third-order valence-electron chi connectivity index (χ3n) is 3.62. The fraction of sp³-hybridized carbons (Fsp3) is 0.391. The van der Waals surface area contributed by atoms with Gasteiger partial charge in [0.05, 0.1) is 0 Å². The fourth-order valence-electron chi connectivity index (χ4n) is 2.49. The van der Waals surface area contributed by atoms with Gasteiger partial charge in [-0.25, -0.2) is 0 Å². The van der Waals surface area contributed by atoms with E-state index in [1.54, 1.807) is 12.1 Å². The Morgan fingerprint density at radius 2 is 1.69 bits per heavy atom. The summed E-state index contributed by atoms with van der Waals surface area (Å²) >= 11 is 0. The monoisotopic (exact) mass is 356 g/mol. The Morgan fingerprint density at radius 3 is 2.27 bits per heavy atom. The van der Waals surface area contributed by atoms with Crippen molar-refractivity contribution in [3.05, 3.63) is 72.5 Å². The van der Waals surface area contributed by atoms with Crippen LogP contribution in [0.25, 0.3) is 0 Å². The molecule has 1 aliphatic carbocycles. The Morgan fingerprint density at radius 1 is 1.08 bits per heavy atom. The molecule has 144 valence electrons. The first-order chi connectivity index (χ1) is 12.8. The second-order valence-electron chi connectivity index (χ2n) is 5.21. The fourth-order valence-corrected chi connectivity index (χ4v) is 2.49. The highest BCUT2D eigenvalue weighted by atomic mass is 16.3. The van der Waals surface area contributed by atoms with Gasteiger partial charge in [0.2, 0.25) is 0 Å². The van der Waals surface area contributed by atoms with Crippen LogP contribution in [0.2, 0.25) is 0 Å². The van der Waals surface area contributed by atoms with Gasteiger partial charge >= 0.3 is 0 Å². The lowest BCUT2D eigenvalue weighted by molar-refractivity contribution is 0.475. The van der Waals surface area contributed by atoms with Crippen molar-refractivity contribution in [1.29, 1.82) is 0 Å². The van der Waals surface area contributed by atoms with Gasteiger partial charge in [-0.15, -0.1) is 0 Å². The molecule has 3 nitrogen and oxygen atoms in total. The average molecular weight is 357 g/mol. The van der Waals surface area contributed by atoms with E-state index in [2.05, 4.69) is 41.1 Å². The minimum atomic E-state index is 0.285. The maximum atomic E-state index is 9.52. The standard InChI is InChI=1S/C19H24N2O.2C2H6/c1-3-16-8-5-4-6-9-19(16)21(15-7-14-20-2)17-10-12-18(22)13-11-17;2*1-2/h3,5-6,8-13,20,22H,1,4,7,14-15H2,2H3;2*1-2H3. The van der Waals surface area contributed by atoms with Crippen LogP contribution in [0, 0.1) is 0 Å². The van der Waals surface area contributed by atoms with Crippen molar-refractivity contribution in [2.75, 3.05) is 25.0 Å². The van der Waals surface area contributed by atoms with Crippen molar-refractivity contribution in [3.8, 4) is 5.75 Å². The number of hydrogen-bond donors (Lipinski definition) is 2. The van der Waals surface area contributed by atoms with Crippen LogP contribution in [-0.2, 0) is 0 Å². The molecule has 0 fully saturated rings. The molecule has 2 N–H and O–H groups in total. The Hall–Kier alpha value is -2.26. The minimum Gasteiger partial charge on any atom is -0.508 e. The Labute approximate surface area is 160 Å². The molecule has 0 saturated carbocycles. The molecule has 0 aliphatic heterocycles. The van der Waals surface area contributed by atoms with E-state index in [1.165, 1.54) is 0 Å². The molecule has 0 aromatic heterocycles. The zero-order valence-corrected chi connectivity index (χ0v) is 17.1. The number of phenols is 1. The maximum Gasteiger partial charge on any atom is 0.115 e. The van der Waals surface area contributed by atoms with E-state index < -0.39 is 0 Å². The Kier molecular flexibility index (Phi) is 13.7. The average Bonchev–Trinajstić information content (AvgIpc) is 2.95. The number of hydrogen-bond acceptors (Lipinski definition) is 3. The van der Waals surface area contributed by atoms with E-state index in [-0.39, 0.29) is 5.75 Å². The Balaban J connectivity index is 0.00000146. The molecule has 3 heteroatoms. The van der Waals surface area contributed by atoms with E-state index in [0.29, 0.717) is 0 Å². The highest BCUT2D eigenvalue weighted by Gasteiger charge is 2.13. The van der Waals surface area contributed by atoms with Crippen molar-refractivity contribution in [2.45, 2.75) is 40.5 Å². The molecule has 0 spiro atoms. The lowest BCUT2D eigenvalue weighted by atomic mass is 10.1. The van der Waals surface area contributed by atoms with Gasteiger partial charge < -0.3 is 15.3 Å². The molecular formula is C23H36N2O. The number of aromatic hydroxyl groups is 1. The predicted octanol–water partition coefficient (Wildman–Crippen LogP) is 5.82. The molecule has 1 aromatic rings. The second kappa shape index (κ2) is 15.0. The van der Waals surface area contributed by atoms with Crippen molar-refractivity contribution in [1.82, 2.24) is 5.32 Å². The summed E-state index contributed by atoms with van der Waals surface area (Å²) in [5.41, 5.74) is 3.33. The minimum absolute atomic E-state index is 0.285. The van der Waals surface area contributed by atoms with Gasteiger partial charge in [0, 0.05) is 17.9 Å². The highest BCUT2D eigenvalue weighted by Crippen LogP contribution is 2.26. The Bertz CT molecular complexity index is 583. The van der Waals surface area contributed by atoms with E-state index in [0.717, 1.165) is 42.9 Å². The zero-order valence-electron chi connectivity index (χ0n) is 17.1. The van der Waals surface area contributed by atoms with E-state index in [9.17, 15) is 5.11 Å². The first kappa shape index (κ1) is 23.7. The van der Waals surface area contributed by atoms with Crippen molar-refractivity contribution in [3.63, 3.8) is 0 Å². The third-order valence-corrected chi connectivity index (χ3v) is 3.62. The molecule has 1 aromatic carbocycles. The van der Waals surface area contributed by atoms with Crippen molar-refractivity contribution in [2.24, 2.45) is 0 Å². The number of benzene rings is 1. The summed E-state index contributed by atoms with van der Waals surface area (Å²) in [5.74, 6) is 0.285. The topological polar surface area (TPSA) is 35.5 Å². The van der Waals surface area contributed by atoms with Crippen LogP contribution in [0.15, 0.2) is 72.5 Å². The highest BCUT2D eigenvalue weighted by molar-refractivity contribution is 5.60. The summed E-state index contributed by atoms with van der Waals surface area (Å²) in [7, 11) is 1.97. The first-order valence-corrected chi connectivity index (χ1v) is 9.67.